The van der Waals surface area contributed by atoms with Crippen molar-refractivity contribution in [3.8, 4) is 5.69 Å². The number of rotatable bonds is 6. The van der Waals surface area contributed by atoms with Crippen LogP contribution in [0.2, 0.25) is 0 Å². The van der Waals surface area contributed by atoms with Crippen LogP contribution in [0, 0.1) is 0 Å². The molecule has 33 heavy (non-hydrogen) atoms. The fourth-order valence-corrected chi connectivity index (χ4v) is 3.44. The zero-order valence-corrected chi connectivity index (χ0v) is 18.4. The van der Waals surface area contributed by atoms with E-state index in [1.165, 1.54) is 4.68 Å². The van der Waals surface area contributed by atoms with E-state index in [1.807, 2.05) is 50.4 Å². The minimum atomic E-state index is -0.592. The number of aromatic nitrogens is 4. The number of fused-ring (bicyclic) bond motifs is 1. The standard InChI is InChI=1S/C24H24N6O3/c1-16(2)30-24(33)20-11-7-6-10-19(20)22(28-30)23(32)27-26-21(31)13-12-17-14-25-29(15-17)18-8-4-3-5-9-18/h3-11,14-16H,12-13H2,1-2H3,(H,26,31)(H,27,32). The molecule has 0 bridgehead atoms. The molecule has 168 valence electrons. The second-order valence-corrected chi connectivity index (χ2v) is 7.87. The van der Waals surface area contributed by atoms with Crippen LogP contribution in [0.25, 0.3) is 16.5 Å². The van der Waals surface area contributed by atoms with Gasteiger partial charge in [-0.25, -0.2) is 9.36 Å². The molecule has 4 rings (SSSR count). The molecule has 2 aromatic heterocycles. The van der Waals surface area contributed by atoms with Crippen LogP contribution in [0.3, 0.4) is 0 Å². The van der Waals surface area contributed by atoms with Gasteiger partial charge in [0.15, 0.2) is 5.69 Å². The fraction of sp³-hybridized carbons (Fsp3) is 0.208. The average molecular weight is 444 g/mol. The lowest BCUT2D eigenvalue weighted by atomic mass is 10.1. The highest BCUT2D eigenvalue weighted by Gasteiger charge is 2.18. The van der Waals surface area contributed by atoms with Gasteiger partial charge in [0, 0.05) is 18.0 Å². The fourth-order valence-electron chi connectivity index (χ4n) is 3.44. The van der Waals surface area contributed by atoms with E-state index in [0.29, 0.717) is 17.2 Å². The van der Waals surface area contributed by atoms with E-state index < -0.39 is 5.91 Å². The first-order valence-electron chi connectivity index (χ1n) is 10.6. The van der Waals surface area contributed by atoms with Gasteiger partial charge in [-0.15, -0.1) is 0 Å². The molecule has 0 atom stereocenters. The molecule has 0 radical (unpaired) electrons. The molecule has 0 unspecified atom stereocenters. The summed E-state index contributed by atoms with van der Waals surface area (Å²) in [6.45, 7) is 3.62. The van der Waals surface area contributed by atoms with Crippen molar-refractivity contribution in [2.24, 2.45) is 0 Å². The van der Waals surface area contributed by atoms with Crippen molar-refractivity contribution in [3.63, 3.8) is 0 Å². The third-order valence-corrected chi connectivity index (χ3v) is 5.15. The molecule has 2 amide bonds. The maximum Gasteiger partial charge on any atom is 0.290 e. The number of nitrogens with zero attached hydrogens (tertiary/aromatic N) is 4. The van der Waals surface area contributed by atoms with Gasteiger partial charge in [-0.1, -0.05) is 36.4 Å². The molecule has 0 aliphatic rings. The summed E-state index contributed by atoms with van der Waals surface area (Å²) in [7, 11) is 0. The lowest BCUT2D eigenvalue weighted by Crippen LogP contribution is -2.43. The largest absolute Gasteiger partial charge is 0.290 e. The predicted molar refractivity (Wildman–Crippen MR) is 124 cm³/mol. The first-order chi connectivity index (χ1) is 15.9. The summed E-state index contributed by atoms with van der Waals surface area (Å²) < 4.78 is 3.01. The molecule has 0 spiro atoms. The van der Waals surface area contributed by atoms with Gasteiger partial charge in [-0.05, 0) is 44.0 Å². The van der Waals surface area contributed by atoms with Crippen molar-refractivity contribution < 1.29 is 9.59 Å². The molecule has 4 aromatic rings. The highest BCUT2D eigenvalue weighted by atomic mass is 16.2. The van der Waals surface area contributed by atoms with Gasteiger partial charge >= 0.3 is 0 Å². The molecular formula is C24H24N6O3. The zero-order valence-electron chi connectivity index (χ0n) is 18.4. The Morgan fingerprint density at radius 2 is 1.67 bits per heavy atom. The molecule has 0 fully saturated rings. The smallest absolute Gasteiger partial charge is 0.273 e. The van der Waals surface area contributed by atoms with E-state index in [1.54, 1.807) is 35.1 Å². The third-order valence-electron chi connectivity index (χ3n) is 5.15. The summed E-state index contributed by atoms with van der Waals surface area (Å²) in [5, 5.41) is 9.38. The molecular weight excluding hydrogens is 420 g/mol. The van der Waals surface area contributed by atoms with E-state index in [9.17, 15) is 14.4 Å². The summed E-state index contributed by atoms with van der Waals surface area (Å²) in [5.74, 6) is -0.942. The maximum atomic E-state index is 12.8. The Labute approximate surface area is 190 Å². The Morgan fingerprint density at radius 3 is 2.39 bits per heavy atom. The Balaban J connectivity index is 1.40. The van der Waals surface area contributed by atoms with Gasteiger partial charge in [0.05, 0.1) is 23.3 Å². The number of amides is 2. The number of hydrogen-bond donors (Lipinski definition) is 2. The number of carbonyl (C=O) groups excluding carboxylic acids is 2. The van der Waals surface area contributed by atoms with Crippen LogP contribution in [-0.4, -0.2) is 31.4 Å². The summed E-state index contributed by atoms with van der Waals surface area (Å²) >= 11 is 0. The Morgan fingerprint density at radius 1 is 0.970 bits per heavy atom. The van der Waals surface area contributed by atoms with Crippen molar-refractivity contribution in [2.45, 2.75) is 32.7 Å². The van der Waals surface area contributed by atoms with E-state index in [-0.39, 0.29) is 29.6 Å². The van der Waals surface area contributed by atoms with Crippen molar-refractivity contribution >= 4 is 22.6 Å². The summed E-state index contributed by atoms with van der Waals surface area (Å²) in [6, 6.07) is 16.2. The molecule has 0 aliphatic heterocycles. The van der Waals surface area contributed by atoms with E-state index in [0.717, 1.165) is 11.3 Å². The molecule has 2 heterocycles. The molecule has 9 nitrogen and oxygen atoms in total. The summed E-state index contributed by atoms with van der Waals surface area (Å²) in [4.78, 5) is 37.7. The first-order valence-corrected chi connectivity index (χ1v) is 10.6. The van der Waals surface area contributed by atoms with Crippen molar-refractivity contribution in [2.75, 3.05) is 0 Å². The third kappa shape index (κ3) is 4.82. The number of benzene rings is 2. The predicted octanol–water partition coefficient (Wildman–Crippen LogP) is 2.56. The molecule has 0 saturated heterocycles. The minimum absolute atomic E-state index is 0.0725. The molecule has 2 N–H and O–H groups in total. The van der Waals surface area contributed by atoms with Crippen molar-refractivity contribution in [3.05, 3.63) is 88.6 Å². The maximum absolute atomic E-state index is 12.8. The number of carbonyl (C=O) groups is 2. The van der Waals surface area contributed by atoms with Crippen LogP contribution in [0.15, 0.2) is 71.8 Å². The number of hydrazine groups is 1. The first kappa shape index (κ1) is 21.9. The highest BCUT2D eigenvalue weighted by Crippen LogP contribution is 2.14. The quantitative estimate of drug-likeness (QED) is 0.444. The van der Waals surface area contributed by atoms with Crippen molar-refractivity contribution in [1.29, 1.82) is 0 Å². The number of nitrogens with one attached hydrogen (secondary N) is 2. The number of aryl methyl sites for hydroxylation is 1. The zero-order chi connectivity index (χ0) is 23.4. The second kappa shape index (κ2) is 9.47. The van der Waals surface area contributed by atoms with Crippen LogP contribution in [-0.2, 0) is 11.2 Å². The van der Waals surface area contributed by atoms with Crippen LogP contribution in [0.5, 0.6) is 0 Å². The number of para-hydroxylation sites is 1. The summed E-state index contributed by atoms with van der Waals surface area (Å²) in [5.41, 5.74) is 6.47. The van der Waals surface area contributed by atoms with E-state index in [2.05, 4.69) is 21.0 Å². The van der Waals surface area contributed by atoms with Gasteiger partial charge < -0.3 is 0 Å². The number of hydrogen-bond acceptors (Lipinski definition) is 5. The van der Waals surface area contributed by atoms with Crippen LogP contribution in [0.4, 0.5) is 0 Å². The minimum Gasteiger partial charge on any atom is -0.273 e. The second-order valence-electron chi connectivity index (χ2n) is 7.87. The lowest BCUT2D eigenvalue weighted by Gasteiger charge is -2.13. The topological polar surface area (TPSA) is 111 Å². The van der Waals surface area contributed by atoms with Gasteiger partial charge in [0.25, 0.3) is 11.5 Å². The Bertz CT molecular complexity index is 1360. The highest BCUT2D eigenvalue weighted by molar-refractivity contribution is 6.05. The normalized spacial score (nSPS) is 11.0. The van der Waals surface area contributed by atoms with Gasteiger partial charge in [0.1, 0.15) is 0 Å². The van der Waals surface area contributed by atoms with Gasteiger partial charge in [0.2, 0.25) is 5.91 Å². The van der Waals surface area contributed by atoms with Crippen LogP contribution >= 0.6 is 0 Å². The molecule has 0 aliphatic carbocycles. The lowest BCUT2D eigenvalue weighted by molar-refractivity contribution is -0.121. The molecule has 9 heteroatoms. The van der Waals surface area contributed by atoms with Gasteiger partial charge in [-0.2, -0.15) is 10.2 Å². The van der Waals surface area contributed by atoms with E-state index >= 15 is 0 Å². The van der Waals surface area contributed by atoms with E-state index in [4.69, 9.17) is 0 Å². The van der Waals surface area contributed by atoms with Gasteiger partial charge in [-0.3, -0.25) is 25.2 Å². The van der Waals surface area contributed by atoms with Crippen LogP contribution < -0.4 is 16.4 Å². The van der Waals surface area contributed by atoms with Crippen molar-refractivity contribution in [1.82, 2.24) is 30.4 Å². The molecule has 0 saturated carbocycles. The van der Waals surface area contributed by atoms with Crippen LogP contribution in [0.1, 0.15) is 42.4 Å². The SMILES string of the molecule is CC(C)n1nc(C(=O)NNC(=O)CCc2cnn(-c3ccccc3)c2)c2ccccc2c1=O. The summed E-state index contributed by atoms with van der Waals surface area (Å²) in [6.07, 6.45) is 4.21. The Hall–Kier alpha value is -4.27. The Kier molecular flexibility index (Phi) is 6.30. The monoisotopic (exact) mass is 444 g/mol. The average Bonchev–Trinajstić information content (AvgIpc) is 3.31. The molecule has 2 aromatic carbocycles.